The fourth-order valence-electron chi connectivity index (χ4n) is 1.78. The van der Waals surface area contributed by atoms with E-state index in [1.54, 1.807) is 42.6 Å². The molecule has 0 bridgehead atoms. The van der Waals surface area contributed by atoms with Crippen LogP contribution in [0.4, 0.5) is 5.69 Å². The number of hydrogen-bond acceptors (Lipinski definition) is 3. The van der Waals surface area contributed by atoms with Crippen molar-refractivity contribution in [3.05, 3.63) is 70.2 Å². The summed E-state index contributed by atoms with van der Waals surface area (Å²) in [5.41, 5.74) is 10.5. The Kier molecular flexibility index (Phi) is 5.20. The van der Waals surface area contributed by atoms with Gasteiger partial charge in [0.1, 0.15) is 0 Å². The van der Waals surface area contributed by atoms with Gasteiger partial charge in [0, 0.05) is 11.2 Å². The Morgan fingerprint density at radius 1 is 1.23 bits per heavy atom. The van der Waals surface area contributed by atoms with E-state index in [9.17, 15) is 4.79 Å². The number of aliphatic imine (C=N–C) groups is 1. The number of benzene rings is 2. The molecular weight excluding hydrogens is 302 g/mol. The smallest absolute Gasteiger partial charge is 0.422 e. The van der Waals surface area contributed by atoms with Crippen LogP contribution in [0, 0.1) is 0 Å². The van der Waals surface area contributed by atoms with Crippen LogP contribution in [0.15, 0.2) is 53.5 Å². The second-order valence-corrected chi connectivity index (χ2v) is 4.70. The Labute approximate surface area is 132 Å². The number of methoxy groups -OCH3 is 1. The van der Waals surface area contributed by atoms with Crippen LogP contribution < -0.4 is 0 Å². The molecule has 0 aliphatic carbocycles. The third-order valence-corrected chi connectivity index (χ3v) is 3.11. The molecule has 22 heavy (non-hydrogen) atoms. The van der Waals surface area contributed by atoms with E-state index in [2.05, 4.69) is 14.5 Å². The topological polar surface area (TPSA) is 75.1 Å². The fraction of sp³-hybridized carbons (Fsp3) is 0.0625. The minimum absolute atomic E-state index is 0.202. The van der Waals surface area contributed by atoms with Gasteiger partial charge in [0.25, 0.3) is 0 Å². The van der Waals surface area contributed by atoms with Crippen molar-refractivity contribution in [1.29, 1.82) is 0 Å². The van der Waals surface area contributed by atoms with E-state index >= 15 is 0 Å². The van der Waals surface area contributed by atoms with Crippen LogP contribution in [0.2, 0.25) is 5.02 Å². The molecule has 0 radical (unpaired) electrons. The van der Waals surface area contributed by atoms with Crippen LogP contribution in [0.25, 0.3) is 5.53 Å². The van der Waals surface area contributed by atoms with Crippen molar-refractivity contribution in [3.63, 3.8) is 0 Å². The maximum Gasteiger partial charge on any atom is 0.422 e. The largest absolute Gasteiger partial charge is 0.460 e. The summed E-state index contributed by atoms with van der Waals surface area (Å²) in [4.78, 5) is 19.0. The van der Waals surface area contributed by atoms with Crippen LogP contribution in [0.1, 0.15) is 11.1 Å². The summed E-state index contributed by atoms with van der Waals surface area (Å²) in [7, 11) is 1.22. The molecule has 0 atom stereocenters. The number of para-hydroxylation sites is 1. The highest BCUT2D eigenvalue weighted by Crippen LogP contribution is 2.19. The molecule has 2 aromatic carbocycles. The number of carbonyl (C=O) groups is 1. The molecule has 2 aromatic rings. The van der Waals surface area contributed by atoms with Crippen LogP contribution in [0.5, 0.6) is 0 Å². The fourth-order valence-corrected chi connectivity index (χ4v) is 1.91. The van der Waals surface area contributed by atoms with Gasteiger partial charge in [-0.2, -0.15) is 4.79 Å². The SMILES string of the molecule is COC(=O)C(=[N+]=[N-])c1ccccc1N=Cc1ccc(Cl)cc1. The molecule has 6 heteroatoms. The summed E-state index contributed by atoms with van der Waals surface area (Å²) in [5.74, 6) is -0.739. The van der Waals surface area contributed by atoms with Gasteiger partial charge in [0.05, 0.1) is 18.4 Å². The Balaban J connectivity index is 2.38. The molecular formula is C16H12ClN3O2. The molecule has 0 spiro atoms. The zero-order chi connectivity index (χ0) is 15.9. The van der Waals surface area contributed by atoms with E-state index in [-0.39, 0.29) is 5.71 Å². The normalized spacial score (nSPS) is 10.3. The third-order valence-electron chi connectivity index (χ3n) is 2.86. The van der Waals surface area contributed by atoms with Gasteiger partial charge in [-0.05, 0) is 29.8 Å². The highest BCUT2D eigenvalue weighted by molar-refractivity contribution is 6.41. The molecule has 2 rings (SSSR count). The molecule has 0 heterocycles. The second-order valence-electron chi connectivity index (χ2n) is 4.27. The van der Waals surface area contributed by atoms with Gasteiger partial charge in [-0.3, -0.25) is 4.99 Å². The van der Waals surface area contributed by atoms with Crippen molar-refractivity contribution >= 4 is 35.2 Å². The maximum absolute atomic E-state index is 11.6. The third kappa shape index (κ3) is 3.67. The first-order valence-corrected chi connectivity index (χ1v) is 6.73. The van der Waals surface area contributed by atoms with Crippen molar-refractivity contribution in [2.24, 2.45) is 4.99 Å². The summed E-state index contributed by atoms with van der Waals surface area (Å²) >= 11 is 5.83. The molecule has 0 N–H and O–H groups in total. The molecule has 0 fully saturated rings. The lowest BCUT2D eigenvalue weighted by Crippen LogP contribution is -2.18. The number of nitrogens with zero attached hydrogens (tertiary/aromatic N) is 3. The van der Waals surface area contributed by atoms with Gasteiger partial charge < -0.3 is 10.3 Å². The first-order chi connectivity index (χ1) is 10.7. The number of halogens is 1. The van der Waals surface area contributed by atoms with E-state index in [1.807, 2.05) is 12.1 Å². The van der Waals surface area contributed by atoms with Gasteiger partial charge in [-0.25, -0.2) is 4.79 Å². The Morgan fingerprint density at radius 2 is 1.91 bits per heavy atom. The van der Waals surface area contributed by atoms with E-state index < -0.39 is 5.97 Å². The lowest BCUT2D eigenvalue weighted by atomic mass is 10.1. The number of ether oxygens (including phenoxy) is 1. The molecule has 0 unspecified atom stereocenters. The van der Waals surface area contributed by atoms with E-state index in [0.29, 0.717) is 16.3 Å². The number of esters is 1. The van der Waals surface area contributed by atoms with Gasteiger partial charge in [-0.15, -0.1) is 0 Å². The summed E-state index contributed by atoms with van der Waals surface area (Å²) in [5, 5.41) is 0.637. The lowest BCUT2D eigenvalue weighted by Gasteiger charge is -2.00. The monoisotopic (exact) mass is 313 g/mol. The number of rotatable bonds is 4. The van der Waals surface area contributed by atoms with Gasteiger partial charge >= 0.3 is 11.7 Å². The average molecular weight is 314 g/mol. The van der Waals surface area contributed by atoms with E-state index in [1.165, 1.54) is 7.11 Å². The zero-order valence-electron chi connectivity index (χ0n) is 11.7. The molecule has 0 aliphatic rings. The first-order valence-electron chi connectivity index (χ1n) is 6.35. The van der Waals surface area contributed by atoms with Crippen LogP contribution in [0.3, 0.4) is 0 Å². The summed E-state index contributed by atoms with van der Waals surface area (Å²) in [6.45, 7) is 0. The predicted octanol–water partition coefficient (Wildman–Crippen LogP) is 3.28. The minimum Gasteiger partial charge on any atom is -0.460 e. The molecule has 0 aliphatic heterocycles. The highest BCUT2D eigenvalue weighted by atomic mass is 35.5. The second kappa shape index (κ2) is 7.31. The van der Waals surface area contributed by atoms with Gasteiger partial charge in [0.15, 0.2) is 0 Å². The van der Waals surface area contributed by atoms with Crippen molar-refractivity contribution in [1.82, 2.24) is 0 Å². The molecule has 0 saturated heterocycles. The summed E-state index contributed by atoms with van der Waals surface area (Å²) in [6, 6.07) is 13.9. The van der Waals surface area contributed by atoms with Crippen molar-refractivity contribution in [2.75, 3.05) is 7.11 Å². The average Bonchev–Trinajstić information content (AvgIpc) is 2.56. The first kappa shape index (κ1) is 15.6. The Morgan fingerprint density at radius 3 is 2.55 bits per heavy atom. The summed E-state index contributed by atoms with van der Waals surface area (Å²) < 4.78 is 4.59. The zero-order valence-corrected chi connectivity index (χ0v) is 12.5. The van der Waals surface area contributed by atoms with Crippen LogP contribution in [-0.2, 0) is 9.53 Å². The standard InChI is InChI=1S/C16H12ClN3O2/c1-22-16(21)15(20-18)13-4-2-3-5-14(13)19-10-11-6-8-12(17)9-7-11/h2-10H,1H3. The van der Waals surface area contributed by atoms with Crippen LogP contribution >= 0.6 is 11.6 Å². The van der Waals surface area contributed by atoms with Gasteiger partial charge in [0.2, 0.25) is 0 Å². The molecule has 0 saturated carbocycles. The Hall–Kier alpha value is -2.75. The molecule has 110 valence electrons. The number of hydrogen-bond donors (Lipinski definition) is 0. The quantitative estimate of drug-likeness (QED) is 0.376. The maximum atomic E-state index is 11.6. The summed E-state index contributed by atoms with van der Waals surface area (Å²) in [6.07, 6.45) is 1.63. The van der Waals surface area contributed by atoms with Gasteiger partial charge in [-0.1, -0.05) is 35.9 Å². The van der Waals surface area contributed by atoms with E-state index in [0.717, 1.165) is 5.56 Å². The van der Waals surface area contributed by atoms with E-state index in [4.69, 9.17) is 17.1 Å². The van der Waals surface area contributed by atoms with Crippen LogP contribution in [-0.4, -0.2) is 29.8 Å². The predicted molar refractivity (Wildman–Crippen MR) is 84.9 cm³/mol. The molecule has 0 aromatic heterocycles. The van der Waals surface area contributed by atoms with Crippen molar-refractivity contribution in [2.45, 2.75) is 0 Å². The van der Waals surface area contributed by atoms with Crippen molar-refractivity contribution in [3.8, 4) is 0 Å². The highest BCUT2D eigenvalue weighted by Gasteiger charge is 2.26. The van der Waals surface area contributed by atoms with Crippen molar-refractivity contribution < 1.29 is 14.3 Å². The number of carbonyl (C=O) groups excluding carboxylic acids is 1. The molecule has 5 nitrogen and oxygen atoms in total. The lowest BCUT2D eigenvalue weighted by molar-refractivity contribution is -0.137. The molecule has 0 amide bonds. The Bertz CT molecular complexity index is 763. The minimum atomic E-state index is -0.739.